The van der Waals surface area contributed by atoms with Gasteiger partial charge in [0.1, 0.15) is 11.1 Å². The topological polar surface area (TPSA) is 110 Å². The zero-order chi connectivity index (χ0) is 22.7. The van der Waals surface area contributed by atoms with Crippen LogP contribution in [-0.4, -0.2) is 30.3 Å². The number of ether oxygens (including phenoxy) is 2. The number of nitriles is 1. The van der Waals surface area contributed by atoms with Gasteiger partial charge in [0.2, 0.25) is 17.6 Å². The van der Waals surface area contributed by atoms with Crippen molar-refractivity contribution in [3.8, 4) is 29.0 Å². The van der Waals surface area contributed by atoms with E-state index in [1.54, 1.807) is 26.4 Å². The summed E-state index contributed by atoms with van der Waals surface area (Å²) in [7, 11) is 3.13. The molecule has 3 aromatic rings. The van der Waals surface area contributed by atoms with Gasteiger partial charge in [0.15, 0.2) is 11.5 Å². The fraction of sp³-hybridized carbons (Fsp3) is 0.391. The van der Waals surface area contributed by atoms with Crippen molar-refractivity contribution < 1.29 is 18.8 Å². The van der Waals surface area contributed by atoms with Crippen molar-refractivity contribution in [3.63, 3.8) is 0 Å². The van der Waals surface area contributed by atoms with Crippen LogP contribution in [0.2, 0.25) is 0 Å². The lowest BCUT2D eigenvalue weighted by Gasteiger charge is -2.17. The molecule has 2 aromatic heterocycles. The average Bonchev–Trinajstić information content (AvgIpc) is 3.40. The van der Waals surface area contributed by atoms with Crippen molar-refractivity contribution in [2.45, 2.75) is 39.0 Å². The van der Waals surface area contributed by atoms with Crippen molar-refractivity contribution in [1.29, 1.82) is 5.26 Å². The summed E-state index contributed by atoms with van der Waals surface area (Å²) in [5.41, 5.74) is 2.43. The van der Waals surface area contributed by atoms with Gasteiger partial charge in [-0.25, -0.2) is 0 Å². The van der Waals surface area contributed by atoms with Crippen LogP contribution in [0.25, 0.3) is 11.4 Å². The second-order valence-corrected chi connectivity index (χ2v) is 8.90. The number of aryl methyl sites for hydroxylation is 1. The molecule has 1 aliphatic carbocycles. The van der Waals surface area contributed by atoms with Gasteiger partial charge in [0.05, 0.1) is 19.8 Å². The van der Waals surface area contributed by atoms with E-state index < -0.39 is 0 Å². The smallest absolute Gasteiger partial charge is 0.227 e. The van der Waals surface area contributed by atoms with Crippen LogP contribution >= 0.6 is 11.3 Å². The van der Waals surface area contributed by atoms with Gasteiger partial charge in [-0.1, -0.05) is 12.1 Å². The Morgan fingerprint density at radius 3 is 2.91 bits per heavy atom. The molecule has 8 nitrogen and oxygen atoms in total. The normalized spacial score (nSPS) is 15.0. The first-order valence-electron chi connectivity index (χ1n) is 10.4. The molecule has 32 heavy (non-hydrogen) atoms. The first-order chi connectivity index (χ1) is 15.5. The van der Waals surface area contributed by atoms with E-state index in [-0.39, 0.29) is 12.3 Å². The van der Waals surface area contributed by atoms with E-state index in [1.807, 2.05) is 6.07 Å². The number of methoxy groups -OCH3 is 2. The van der Waals surface area contributed by atoms with E-state index in [0.29, 0.717) is 46.1 Å². The molecular formula is C23H24N4O4S. The summed E-state index contributed by atoms with van der Waals surface area (Å²) >= 11 is 1.52. The van der Waals surface area contributed by atoms with Crippen molar-refractivity contribution in [3.05, 3.63) is 40.1 Å². The lowest BCUT2D eigenvalue weighted by Crippen LogP contribution is -2.12. The summed E-state index contributed by atoms with van der Waals surface area (Å²) in [6.07, 6.45) is 3.41. The van der Waals surface area contributed by atoms with Crippen LogP contribution in [0, 0.1) is 17.2 Å². The minimum Gasteiger partial charge on any atom is -0.493 e. The van der Waals surface area contributed by atoms with E-state index in [1.165, 1.54) is 16.2 Å². The maximum Gasteiger partial charge on any atom is 0.227 e. The first-order valence-corrected chi connectivity index (χ1v) is 11.2. The maximum atomic E-state index is 12.5. The standard InChI is InChI=1S/C23H24N4O4S/c1-13-4-6-15-16(12-24)23(32-19(15)10-13)25-20(28)8-9-21-26-22(27-31-21)14-5-7-17(29-2)18(11-14)30-3/h5,7,11,13H,4,6,8-10H2,1-3H3,(H,25,28). The molecule has 1 atom stereocenters. The molecule has 166 valence electrons. The predicted molar refractivity (Wildman–Crippen MR) is 120 cm³/mol. The summed E-state index contributed by atoms with van der Waals surface area (Å²) in [6.45, 7) is 2.22. The molecule has 0 bridgehead atoms. The lowest BCUT2D eigenvalue weighted by molar-refractivity contribution is -0.116. The van der Waals surface area contributed by atoms with E-state index >= 15 is 0 Å². The van der Waals surface area contributed by atoms with Gasteiger partial charge in [-0.05, 0) is 48.9 Å². The molecule has 0 saturated carbocycles. The number of hydrogen-bond donors (Lipinski definition) is 1. The van der Waals surface area contributed by atoms with Crippen molar-refractivity contribution >= 4 is 22.2 Å². The summed E-state index contributed by atoms with van der Waals surface area (Å²) in [4.78, 5) is 18.1. The van der Waals surface area contributed by atoms with Crippen LogP contribution in [0.5, 0.6) is 11.5 Å². The Hall–Kier alpha value is -3.38. The summed E-state index contributed by atoms with van der Waals surface area (Å²) in [5, 5.41) is 17.1. The predicted octanol–water partition coefficient (Wildman–Crippen LogP) is 4.38. The number of carbonyl (C=O) groups is 1. The average molecular weight is 453 g/mol. The second kappa shape index (κ2) is 9.40. The van der Waals surface area contributed by atoms with E-state index in [9.17, 15) is 10.1 Å². The number of rotatable bonds is 7. The van der Waals surface area contributed by atoms with Crippen molar-refractivity contribution in [2.24, 2.45) is 5.92 Å². The minimum absolute atomic E-state index is 0.178. The van der Waals surface area contributed by atoms with E-state index in [4.69, 9.17) is 14.0 Å². The molecule has 2 heterocycles. The Kier molecular flexibility index (Phi) is 6.42. The monoisotopic (exact) mass is 452 g/mol. The molecule has 4 rings (SSSR count). The van der Waals surface area contributed by atoms with Crippen molar-refractivity contribution in [1.82, 2.24) is 10.1 Å². The molecule has 0 saturated heterocycles. The SMILES string of the molecule is COc1ccc(-c2noc(CCC(=O)Nc3sc4c(c3C#N)CCC(C)C4)n2)cc1OC. The third-order valence-corrected chi connectivity index (χ3v) is 6.72. The zero-order valence-electron chi connectivity index (χ0n) is 18.2. The number of nitrogens with one attached hydrogen (secondary N) is 1. The highest BCUT2D eigenvalue weighted by molar-refractivity contribution is 7.16. The maximum absolute atomic E-state index is 12.5. The highest BCUT2D eigenvalue weighted by Crippen LogP contribution is 2.39. The van der Waals surface area contributed by atoms with Crippen LogP contribution in [0.3, 0.4) is 0 Å². The molecule has 1 unspecified atom stereocenters. The van der Waals surface area contributed by atoms with Gasteiger partial charge in [-0.2, -0.15) is 10.2 Å². The first kappa shape index (κ1) is 21.8. The molecule has 0 fully saturated rings. The Bertz CT molecular complexity index is 1180. The van der Waals surface area contributed by atoms with Gasteiger partial charge in [-0.15, -0.1) is 11.3 Å². The quantitative estimate of drug-likeness (QED) is 0.566. The third kappa shape index (κ3) is 4.46. The molecule has 0 radical (unpaired) electrons. The second-order valence-electron chi connectivity index (χ2n) is 7.80. The van der Waals surface area contributed by atoms with Gasteiger partial charge in [0, 0.05) is 23.3 Å². The number of amides is 1. The molecular weight excluding hydrogens is 428 g/mol. The molecule has 9 heteroatoms. The molecule has 0 spiro atoms. The number of carbonyl (C=O) groups excluding carboxylic acids is 1. The van der Waals surface area contributed by atoms with Crippen LogP contribution in [0.4, 0.5) is 5.00 Å². The Morgan fingerprint density at radius 2 is 2.16 bits per heavy atom. The van der Waals surface area contributed by atoms with Crippen molar-refractivity contribution in [2.75, 3.05) is 19.5 Å². The van der Waals surface area contributed by atoms with Gasteiger partial charge in [0.25, 0.3) is 0 Å². The fourth-order valence-electron chi connectivity index (χ4n) is 3.82. The number of thiophene rings is 1. The third-order valence-electron chi connectivity index (χ3n) is 5.55. The van der Waals surface area contributed by atoms with Crippen LogP contribution < -0.4 is 14.8 Å². The summed E-state index contributed by atoms with van der Waals surface area (Å²) < 4.78 is 15.9. The van der Waals surface area contributed by atoms with Gasteiger partial charge >= 0.3 is 0 Å². The number of fused-ring (bicyclic) bond motifs is 1. The molecule has 1 aromatic carbocycles. The molecule has 0 aliphatic heterocycles. The zero-order valence-corrected chi connectivity index (χ0v) is 19.0. The Labute approximate surface area is 190 Å². The highest BCUT2D eigenvalue weighted by Gasteiger charge is 2.24. The molecule has 1 aliphatic rings. The highest BCUT2D eigenvalue weighted by atomic mass is 32.1. The minimum atomic E-state index is -0.181. The fourth-order valence-corrected chi connectivity index (χ4v) is 5.19. The summed E-state index contributed by atoms with van der Waals surface area (Å²) in [5.74, 6) is 2.38. The number of aromatic nitrogens is 2. The number of hydrogen-bond acceptors (Lipinski definition) is 8. The van der Waals surface area contributed by atoms with Gasteiger partial charge < -0.3 is 19.3 Å². The van der Waals surface area contributed by atoms with Gasteiger partial charge in [-0.3, -0.25) is 4.79 Å². The Balaban J connectivity index is 1.40. The van der Waals surface area contributed by atoms with Crippen LogP contribution in [0.15, 0.2) is 22.7 Å². The number of anilines is 1. The van der Waals surface area contributed by atoms with Crippen LogP contribution in [-0.2, 0) is 24.1 Å². The van der Waals surface area contributed by atoms with E-state index in [2.05, 4.69) is 28.5 Å². The number of nitrogens with zero attached hydrogens (tertiary/aromatic N) is 3. The molecule has 1 N–H and O–H groups in total. The number of benzene rings is 1. The molecule has 1 amide bonds. The van der Waals surface area contributed by atoms with E-state index in [0.717, 1.165) is 30.4 Å². The largest absolute Gasteiger partial charge is 0.493 e. The lowest BCUT2D eigenvalue weighted by atomic mass is 9.88. The Morgan fingerprint density at radius 1 is 1.34 bits per heavy atom. The summed E-state index contributed by atoms with van der Waals surface area (Å²) in [6, 6.07) is 7.62. The van der Waals surface area contributed by atoms with Crippen LogP contribution in [0.1, 0.15) is 41.7 Å².